The van der Waals surface area contributed by atoms with Crippen LogP contribution in [0.4, 0.5) is 4.79 Å². The fourth-order valence-corrected chi connectivity index (χ4v) is 2.99. The van der Waals surface area contributed by atoms with Crippen LogP contribution in [0.1, 0.15) is 52.9 Å². The predicted molar refractivity (Wildman–Crippen MR) is 78.7 cm³/mol. The van der Waals surface area contributed by atoms with E-state index >= 15 is 0 Å². The number of aliphatic carboxylic acids is 1. The number of carbonyl (C=O) groups is 2. The Morgan fingerprint density at radius 1 is 1.30 bits per heavy atom. The molecule has 0 aromatic carbocycles. The number of hydrogen-bond acceptors (Lipinski definition) is 2. The van der Waals surface area contributed by atoms with Crippen LogP contribution < -0.4 is 0 Å². The summed E-state index contributed by atoms with van der Waals surface area (Å²) >= 11 is 0. The molecule has 0 aromatic heterocycles. The van der Waals surface area contributed by atoms with E-state index in [-0.39, 0.29) is 24.7 Å². The van der Waals surface area contributed by atoms with Gasteiger partial charge < -0.3 is 14.9 Å². The Morgan fingerprint density at radius 2 is 1.90 bits per heavy atom. The minimum atomic E-state index is -0.955. The Labute approximate surface area is 121 Å². The average Bonchev–Trinajstić information content (AvgIpc) is 2.42. The summed E-state index contributed by atoms with van der Waals surface area (Å²) in [6.07, 6.45) is 5.29. The molecule has 1 saturated carbocycles. The van der Waals surface area contributed by atoms with Gasteiger partial charge >= 0.3 is 12.0 Å². The zero-order chi connectivity index (χ0) is 15.3. The highest BCUT2D eigenvalue weighted by Gasteiger charge is 2.32. The molecular formula is C15H28N2O3. The normalized spacial score (nSPS) is 24.0. The van der Waals surface area contributed by atoms with E-state index in [2.05, 4.69) is 6.92 Å². The van der Waals surface area contributed by atoms with Gasteiger partial charge in [0.05, 0.1) is 0 Å². The molecule has 5 nitrogen and oxygen atoms in total. The van der Waals surface area contributed by atoms with Crippen molar-refractivity contribution >= 4 is 12.0 Å². The number of urea groups is 1. The van der Waals surface area contributed by atoms with Crippen LogP contribution in [0.25, 0.3) is 0 Å². The third-order valence-electron chi connectivity index (χ3n) is 4.54. The Hall–Kier alpha value is -1.26. The molecule has 3 unspecified atom stereocenters. The van der Waals surface area contributed by atoms with Crippen LogP contribution in [-0.4, -0.2) is 52.6 Å². The third-order valence-corrected chi connectivity index (χ3v) is 4.54. The van der Waals surface area contributed by atoms with Gasteiger partial charge in [0.2, 0.25) is 0 Å². The number of carboxylic acids is 1. The highest BCUT2D eigenvalue weighted by Crippen LogP contribution is 2.28. The van der Waals surface area contributed by atoms with Gasteiger partial charge in [0, 0.05) is 19.1 Å². The summed E-state index contributed by atoms with van der Waals surface area (Å²) in [5.41, 5.74) is 0. The van der Waals surface area contributed by atoms with Gasteiger partial charge in [-0.1, -0.05) is 26.7 Å². The number of rotatable bonds is 5. The number of hydrogen-bond donors (Lipinski definition) is 1. The zero-order valence-electron chi connectivity index (χ0n) is 13.1. The van der Waals surface area contributed by atoms with Crippen molar-refractivity contribution in [3.8, 4) is 0 Å². The molecular weight excluding hydrogens is 256 g/mol. The number of amides is 2. The van der Waals surface area contributed by atoms with Crippen LogP contribution in [0.2, 0.25) is 0 Å². The van der Waals surface area contributed by atoms with Gasteiger partial charge in [-0.15, -0.1) is 0 Å². The maximum Gasteiger partial charge on any atom is 0.323 e. The summed E-state index contributed by atoms with van der Waals surface area (Å²) in [4.78, 5) is 26.8. The molecule has 1 N–H and O–H groups in total. The summed E-state index contributed by atoms with van der Waals surface area (Å²) in [5, 5.41) is 9.01. The van der Waals surface area contributed by atoms with Gasteiger partial charge in [-0.05, 0) is 32.1 Å². The summed E-state index contributed by atoms with van der Waals surface area (Å²) < 4.78 is 0. The van der Waals surface area contributed by atoms with Crippen LogP contribution in [-0.2, 0) is 4.79 Å². The lowest BCUT2D eigenvalue weighted by Gasteiger charge is -2.40. The first-order valence-corrected chi connectivity index (χ1v) is 7.63. The quantitative estimate of drug-likeness (QED) is 0.844. The summed E-state index contributed by atoms with van der Waals surface area (Å²) in [6.45, 7) is 5.83. The van der Waals surface area contributed by atoms with E-state index in [1.807, 2.05) is 20.9 Å². The molecule has 1 aliphatic carbocycles. The Morgan fingerprint density at radius 3 is 2.40 bits per heavy atom. The van der Waals surface area contributed by atoms with Crippen LogP contribution in [0, 0.1) is 5.92 Å². The highest BCUT2D eigenvalue weighted by molar-refractivity contribution is 5.80. The molecule has 0 aliphatic heterocycles. The lowest BCUT2D eigenvalue weighted by atomic mass is 9.85. The van der Waals surface area contributed by atoms with Crippen LogP contribution >= 0.6 is 0 Å². The maximum atomic E-state index is 12.6. The van der Waals surface area contributed by atoms with Crippen LogP contribution in [0.5, 0.6) is 0 Å². The molecule has 0 radical (unpaired) electrons. The summed E-state index contributed by atoms with van der Waals surface area (Å²) in [7, 11) is 1.81. The number of carbonyl (C=O) groups excluding carboxylic acids is 1. The third kappa shape index (κ3) is 4.12. The summed E-state index contributed by atoms with van der Waals surface area (Å²) in [6, 6.07) is 0.0250. The minimum absolute atomic E-state index is 0.0556. The van der Waals surface area contributed by atoms with E-state index < -0.39 is 5.97 Å². The van der Waals surface area contributed by atoms with Crippen molar-refractivity contribution in [3.05, 3.63) is 0 Å². The van der Waals surface area contributed by atoms with Gasteiger partial charge in [0.15, 0.2) is 0 Å². The largest absolute Gasteiger partial charge is 0.480 e. The van der Waals surface area contributed by atoms with Gasteiger partial charge in [-0.2, -0.15) is 0 Å². The molecule has 0 spiro atoms. The minimum Gasteiger partial charge on any atom is -0.480 e. The molecule has 116 valence electrons. The van der Waals surface area contributed by atoms with E-state index in [4.69, 9.17) is 5.11 Å². The van der Waals surface area contributed by atoms with Gasteiger partial charge in [-0.25, -0.2) is 4.79 Å². The van der Waals surface area contributed by atoms with E-state index in [0.717, 1.165) is 25.7 Å². The van der Waals surface area contributed by atoms with Gasteiger partial charge in [0.1, 0.15) is 6.54 Å². The van der Waals surface area contributed by atoms with Crippen LogP contribution in [0.15, 0.2) is 0 Å². The number of carboxylic acid groups (broad SMARTS) is 1. The van der Waals surface area contributed by atoms with E-state index in [9.17, 15) is 9.59 Å². The van der Waals surface area contributed by atoms with E-state index in [0.29, 0.717) is 5.92 Å². The second kappa shape index (κ2) is 7.50. The zero-order valence-corrected chi connectivity index (χ0v) is 13.1. The molecule has 0 saturated heterocycles. The number of nitrogens with zero attached hydrogens (tertiary/aromatic N) is 2. The van der Waals surface area contributed by atoms with Crippen molar-refractivity contribution in [2.75, 3.05) is 13.6 Å². The molecule has 2 amide bonds. The molecule has 1 rings (SSSR count). The fraction of sp³-hybridized carbons (Fsp3) is 0.867. The SMILES string of the molecule is CCC(C)N(CC(=O)O)C(=O)N(C)C1CCCCC1C. The molecule has 1 aliphatic rings. The van der Waals surface area contributed by atoms with E-state index in [1.54, 1.807) is 4.90 Å². The first kappa shape index (κ1) is 16.8. The van der Waals surface area contributed by atoms with Crippen molar-refractivity contribution in [2.45, 2.75) is 65.0 Å². The first-order valence-electron chi connectivity index (χ1n) is 7.63. The molecule has 20 heavy (non-hydrogen) atoms. The van der Waals surface area contributed by atoms with Crippen molar-refractivity contribution < 1.29 is 14.7 Å². The molecule has 5 heteroatoms. The first-order chi connectivity index (χ1) is 9.38. The second-order valence-corrected chi connectivity index (χ2v) is 6.00. The molecule has 0 aromatic rings. The maximum absolute atomic E-state index is 12.6. The average molecular weight is 284 g/mol. The fourth-order valence-electron chi connectivity index (χ4n) is 2.99. The molecule has 0 heterocycles. The van der Waals surface area contributed by atoms with Crippen molar-refractivity contribution in [1.82, 2.24) is 9.80 Å². The Bertz CT molecular complexity index is 346. The Kier molecular flexibility index (Phi) is 6.30. The lowest BCUT2D eigenvalue weighted by Crippen LogP contribution is -2.52. The lowest BCUT2D eigenvalue weighted by molar-refractivity contribution is -0.138. The highest BCUT2D eigenvalue weighted by atomic mass is 16.4. The predicted octanol–water partition coefficient (Wildman–Crippen LogP) is 2.80. The monoisotopic (exact) mass is 284 g/mol. The van der Waals surface area contributed by atoms with Crippen molar-refractivity contribution in [2.24, 2.45) is 5.92 Å². The molecule has 1 fully saturated rings. The smallest absolute Gasteiger partial charge is 0.323 e. The van der Waals surface area contributed by atoms with Crippen molar-refractivity contribution in [3.63, 3.8) is 0 Å². The van der Waals surface area contributed by atoms with Crippen molar-refractivity contribution in [1.29, 1.82) is 0 Å². The van der Waals surface area contributed by atoms with Gasteiger partial charge in [0.25, 0.3) is 0 Å². The summed E-state index contributed by atoms with van der Waals surface area (Å²) in [5.74, 6) is -0.468. The topological polar surface area (TPSA) is 60.9 Å². The van der Waals surface area contributed by atoms with E-state index in [1.165, 1.54) is 11.3 Å². The molecule has 0 bridgehead atoms. The van der Waals surface area contributed by atoms with Crippen LogP contribution in [0.3, 0.4) is 0 Å². The molecule has 3 atom stereocenters. The second-order valence-electron chi connectivity index (χ2n) is 6.00. The van der Waals surface area contributed by atoms with Gasteiger partial charge in [-0.3, -0.25) is 4.79 Å². The standard InChI is InChI=1S/C15H28N2O3/c1-5-12(3)17(10-14(18)19)15(20)16(4)13-9-7-6-8-11(13)2/h11-13H,5-10H2,1-4H3,(H,18,19). The Balaban J connectivity index is 2.78.